The lowest BCUT2D eigenvalue weighted by Gasteiger charge is -2.11. The first-order valence-corrected chi connectivity index (χ1v) is 5.17. The van der Waals surface area contributed by atoms with Crippen LogP contribution in [0.3, 0.4) is 0 Å². The SMILES string of the molecule is Cc1ccccc1OCC(O)c1ccco1. The average Bonchev–Trinajstić information content (AvgIpc) is 2.81. The van der Waals surface area contributed by atoms with E-state index in [2.05, 4.69) is 0 Å². The van der Waals surface area contributed by atoms with Crippen molar-refractivity contribution in [2.45, 2.75) is 13.0 Å². The Labute approximate surface area is 94.3 Å². The minimum Gasteiger partial charge on any atom is -0.490 e. The Morgan fingerprint density at radius 1 is 1.25 bits per heavy atom. The van der Waals surface area contributed by atoms with Crippen molar-refractivity contribution in [3.8, 4) is 5.75 Å². The summed E-state index contributed by atoms with van der Waals surface area (Å²) in [7, 11) is 0. The van der Waals surface area contributed by atoms with E-state index in [1.165, 1.54) is 6.26 Å². The molecule has 3 nitrogen and oxygen atoms in total. The molecule has 0 bridgehead atoms. The molecule has 84 valence electrons. The molecule has 1 aromatic carbocycles. The molecule has 0 spiro atoms. The number of aliphatic hydroxyl groups excluding tert-OH is 1. The number of hydrogen-bond donors (Lipinski definition) is 1. The lowest BCUT2D eigenvalue weighted by Crippen LogP contribution is -2.09. The summed E-state index contributed by atoms with van der Waals surface area (Å²) in [6, 6.07) is 11.2. The Morgan fingerprint density at radius 3 is 2.75 bits per heavy atom. The van der Waals surface area contributed by atoms with Crippen molar-refractivity contribution in [3.63, 3.8) is 0 Å². The second kappa shape index (κ2) is 4.86. The van der Waals surface area contributed by atoms with Crippen molar-refractivity contribution in [1.82, 2.24) is 0 Å². The first kappa shape index (κ1) is 10.8. The second-order valence-corrected chi connectivity index (χ2v) is 3.61. The molecule has 1 atom stereocenters. The molecule has 1 unspecified atom stereocenters. The van der Waals surface area contributed by atoms with Gasteiger partial charge in [0.25, 0.3) is 0 Å². The van der Waals surface area contributed by atoms with Gasteiger partial charge >= 0.3 is 0 Å². The Morgan fingerprint density at radius 2 is 2.06 bits per heavy atom. The van der Waals surface area contributed by atoms with Gasteiger partial charge in [-0.15, -0.1) is 0 Å². The van der Waals surface area contributed by atoms with E-state index in [9.17, 15) is 5.11 Å². The van der Waals surface area contributed by atoms with Gasteiger partial charge in [-0.2, -0.15) is 0 Å². The quantitative estimate of drug-likeness (QED) is 0.857. The Hall–Kier alpha value is -1.74. The van der Waals surface area contributed by atoms with Gasteiger partial charge in [0.15, 0.2) is 0 Å². The molecule has 1 aromatic heterocycles. The molecule has 0 aliphatic carbocycles. The third-order valence-corrected chi connectivity index (χ3v) is 2.36. The molecule has 0 saturated heterocycles. The number of rotatable bonds is 4. The van der Waals surface area contributed by atoms with E-state index in [0.717, 1.165) is 11.3 Å². The second-order valence-electron chi connectivity index (χ2n) is 3.61. The van der Waals surface area contributed by atoms with Crippen LogP contribution in [0.5, 0.6) is 5.75 Å². The van der Waals surface area contributed by atoms with Gasteiger partial charge in [0, 0.05) is 0 Å². The van der Waals surface area contributed by atoms with Crippen LogP contribution in [0.15, 0.2) is 47.1 Å². The lowest BCUT2D eigenvalue weighted by molar-refractivity contribution is 0.0885. The van der Waals surface area contributed by atoms with Gasteiger partial charge in [0.2, 0.25) is 0 Å². The van der Waals surface area contributed by atoms with E-state index < -0.39 is 6.10 Å². The molecule has 0 saturated carbocycles. The fraction of sp³-hybridized carbons (Fsp3) is 0.231. The van der Waals surface area contributed by atoms with Gasteiger partial charge in [0.1, 0.15) is 24.2 Å². The Balaban J connectivity index is 1.95. The van der Waals surface area contributed by atoms with Crippen LogP contribution in [-0.4, -0.2) is 11.7 Å². The molecule has 0 aliphatic heterocycles. The highest BCUT2D eigenvalue weighted by molar-refractivity contribution is 5.31. The summed E-state index contributed by atoms with van der Waals surface area (Å²) in [5.41, 5.74) is 1.05. The smallest absolute Gasteiger partial charge is 0.145 e. The topological polar surface area (TPSA) is 42.6 Å². The number of ether oxygens (including phenoxy) is 1. The summed E-state index contributed by atoms with van der Waals surface area (Å²) in [5.74, 6) is 1.31. The highest BCUT2D eigenvalue weighted by atomic mass is 16.5. The van der Waals surface area contributed by atoms with Gasteiger partial charge in [-0.3, -0.25) is 0 Å². The van der Waals surface area contributed by atoms with Gasteiger partial charge in [0.05, 0.1) is 6.26 Å². The molecule has 0 amide bonds. The van der Waals surface area contributed by atoms with Gasteiger partial charge in [-0.1, -0.05) is 18.2 Å². The Kier molecular flexibility index (Phi) is 3.27. The average molecular weight is 218 g/mol. The van der Waals surface area contributed by atoms with Crippen LogP contribution in [0.25, 0.3) is 0 Å². The molecule has 1 heterocycles. The maximum Gasteiger partial charge on any atom is 0.145 e. The first-order valence-electron chi connectivity index (χ1n) is 5.17. The van der Waals surface area contributed by atoms with Crippen molar-refractivity contribution in [2.24, 2.45) is 0 Å². The molecule has 16 heavy (non-hydrogen) atoms. The third kappa shape index (κ3) is 2.44. The van der Waals surface area contributed by atoms with Crippen LogP contribution in [0, 0.1) is 6.92 Å². The van der Waals surface area contributed by atoms with E-state index >= 15 is 0 Å². The van der Waals surface area contributed by atoms with E-state index in [4.69, 9.17) is 9.15 Å². The molecule has 0 fully saturated rings. The van der Waals surface area contributed by atoms with Gasteiger partial charge in [-0.25, -0.2) is 0 Å². The van der Waals surface area contributed by atoms with Crippen molar-refractivity contribution in [1.29, 1.82) is 0 Å². The highest BCUT2D eigenvalue weighted by Gasteiger charge is 2.11. The zero-order valence-electron chi connectivity index (χ0n) is 9.09. The summed E-state index contributed by atoms with van der Waals surface area (Å²) >= 11 is 0. The zero-order chi connectivity index (χ0) is 11.4. The minimum atomic E-state index is -0.727. The first-order chi connectivity index (χ1) is 7.77. The molecule has 1 N–H and O–H groups in total. The molecule has 2 rings (SSSR count). The van der Waals surface area contributed by atoms with Crippen LogP contribution in [0.1, 0.15) is 17.4 Å². The Bertz CT molecular complexity index is 434. The number of para-hydroxylation sites is 1. The van der Waals surface area contributed by atoms with E-state index in [0.29, 0.717) is 5.76 Å². The normalized spacial score (nSPS) is 12.4. The van der Waals surface area contributed by atoms with Crippen LogP contribution in [0.2, 0.25) is 0 Å². The maximum absolute atomic E-state index is 9.74. The van der Waals surface area contributed by atoms with Crippen LogP contribution in [-0.2, 0) is 0 Å². The van der Waals surface area contributed by atoms with Crippen molar-refractivity contribution >= 4 is 0 Å². The van der Waals surface area contributed by atoms with Crippen LogP contribution < -0.4 is 4.74 Å². The van der Waals surface area contributed by atoms with E-state index in [1.807, 2.05) is 31.2 Å². The van der Waals surface area contributed by atoms with E-state index in [1.54, 1.807) is 12.1 Å². The predicted molar refractivity (Wildman–Crippen MR) is 60.3 cm³/mol. The largest absolute Gasteiger partial charge is 0.490 e. The summed E-state index contributed by atoms with van der Waals surface area (Å²) in [4.78, 5) is 0. The number of benzene rings is 1. The van der Waals surface area contributed by atoms with Crippen molar-refractivity contribution < 1.29 is 14.3 Å². The molecular formula is C13H14O3. The monoisotopic (exact) mass is 218 g/mol. The van der Waals surface area contributed by atoms with Gasteiger partial charge in [-0.05, 0) is 30.7 Å². The zero-order valence-corrected chi connectivity index (χ0v) is 9.09. The molecule has 0 aliphatic rings. The summed E-state index contributed by atoms with van der Waals surface area (Å²) in [5, 5.41) is 9.74. The number of hydrogen-bond acceptors (Lipinski definition) is 3. The predicted octanol–water partition coefficient (Wildman–Crippen LogP) is 2.70. The van der Waals surface area contributed by atoms with Crippen LogP contribution in [0.4, 0.5) is 0 Å². The number of aliphatic hydroxyl groups is 1. The third-order valence-electron chi connectivity index (χ3n) is 2.36. The fourth-order valence-electron chi connectivity index (χ4n) is 1.45. The number of aryl methyl sites for hydroxylation is 1. The standard InChI is InChI=1S/C13H14O3/c1-10-5-2-3-6-12(10)16-9-11(14)13-7-4-8-15-13/h2-8,11,14H,9H2,1H3. The fourth-order valence-corrected chi connectivity index (χ4v) is 1.45. The maximum atomic E-state index is 9.74. The number of furan rings is 1. The van der Waals surface area contributed by atoms with Crippen molar-refractivity contribution in [3.05, 3.63) is 54.0 Å². The van der Waals surface area contributed by atoms with E-state index in [-0.39, 0.29) is 6.61 Å². The molecule has 3 heteroatoms. The highest BCUT2D eigenvalue weighted by Crippen LogP contribution is 2.19. The van der Waals surface area contributed by atoms with Crippen molar-refractivity contribution in [2.75, 3.05) is 6.61 Å². The summed E-state index contributed by atoms with van der Waals surface area (Å²) in [6.45, 7) is 2.16. The lowest BCUT2D eigenvalue weighted by atomic mass is 10.2. The van der Waals surface area contributed by atoms with Gasteiger partial charge < -0.3 is 14.3 Å². The summed E-state index contributed by atoms with van der Waals surface area (Å²) < 4.78 is 10.6. The van der Waals surface area contributed by atoms with Crippen LogP contribution >= 0.6 is 0 Å². The molecule has 0 radical (unpaired) electrons. The molecular weight excluding hydrogens is 204 g/mol. The molecule has 2 aromatic rings. The minimum absolute atomic E-state index is 0.193. The summed E-state index contributed by atoms with van der Waals surface area (Å²) in [6.07, 6.45) is 0.807.